The SMILES string of the molecule is CC(C)[C@H](NCC(=O)Nc1ccc(S(=O)(=O)N2CCCC2)cc1)c1ccccc1. The minimum Gasteiger partial charge on any atom is -0.325 e. The Labute approximate surface area is 173 Å². The Balaban J connectivity index is 1.58. The zero-order valence-corrected chi connectivity index (χ0v) is 17.8. The van der Waals surface area contributed by atoms with Gasteiger partial charge in [0.15, 0.2) is 0 Å². The number of rotatable bonds is 8. The molecule has 1 heterocycles. The fourth-order valence-electron chi connectivity index (χ4n) is 3.59. The lowest BCUT2D eigenvalue weighted by atomic mass is 9.96. The maximum absolute atomic E-state index is 12.6. The third-order valence-corrected chi connectivity index (χ3v) is 7.06. The van der Waals surface area contributed by atoms with E-state index in [0.29, 0.717) is 24.7 Å². The largest absolute Gasteiger partial charge is 0.325 e. The Hall–Kier alpha value is -2.22. The number of sulfonamides is 1. The molecule has 2 N–H and O–H groups in total. The fourth-order valence-corrected chi connectivity index (χ4v) is 5.11. The maximum atomic E-state index is 12.6. The third kappa shape index (κ3) is 5.44. The van der Waals surface area contributed by atoms with Crippen LogP contribution in [0.1, 0.15) is 38.3 Å². The second-order valence-electron chi connectivity index (χ2n) is 7.70. The highest BCUT2D eigenvalue weighted by Crippen LogP contribution is 2.23. The highest BCUT2D eigenvalue weighted by atomic mass is 32.2. The summed E-state index contributed by atoms with van der Waals surface area (Å²) in [5, 5.41) is 6.14. The zero-order chi connectivity index (χ0) is 20.9. The Morgan fingerprint density at radius 3 is 2.21 bits per heavy atom. The molecule has 1 atom stereocenters. The number of benzene rings is 2. The zero-order valence-electron chi connectivity index (χ0n) is 17.0. The molecule has 1 aliphatic heterocycles. The second kappa shape index (κ2) is 9.52. The van der Waals surface area contributed by atoms with E-state index in [2.05, 4.69) is 36.6 Å². The first-order chi connectivity index (χ1) is 13.9. The van der Waals surface area contributed by atoms with Gasteiger partial charge in [-0.3, -0.25) is 4.79 Å². The summed E-state index contributed by atoms with van der Waals surface area (Å²) >= 11 is 0. The molecular weight excluding hydrogens is 386 g/mol. The molecule has 0 aromatic heterocycles. The van der Waals surface area contributed by atoms with E-state index in [1.807, 2.05) is 18.2 Å². The number of amides is 1. The van der Waals surface area contributed by atoms with Gasteiger partial charge in [0.25, 0.3) is 0 Å². The van der Waals surface area contributed by atoms with Crippen molar-refractivity contribution < 1.29 is 13.2 Å². The predicted octanol–water partition coefficient (Wildman–Crippen LogP) is 3.40. The topological polar surface area (TPSA) is 78.5 Å². The predicted molar refractivity (Wildman–Crippen MR) is 115 cm³/mol. The molecule has 0 bridgehead atoms. The summed E-state index contributed by atoms with van der Waals surface area (Å²) in [5.74, 6) is 0.169. The average Bonchev–Trinajstić information content (AvgIpc) is 3.25. The van der Waals surface area contributed by atoms with Crippen LogP contribution in [0.25, 0.3) is 0 Å². The van der Waals surface area contributed by atoms with Gasteiger partial charge in [0.1, 0.15) is 0 Å². The van der Waals surface area contributed by atoms with E-state index in [1.165, 1.54) is 4.31 Å². The lowest BCUT2D eigenvalue weighted by Gasteiger charge is -2.22. The summed E-state index contributed by atoms with van der Waals surface area (Å²) in [4.78, 5) is 12.6. The van der Waals surface area contributed by atoms with E-state index < -0.39 is 10.0 Å². The molecule has 7 heteroatoms. The Morgan fingerprint density at radius 2 is 1.62 bits per heavy atom. The summed E-state index contributed by atoms with van der Waals surface area (Å²) in [5.41, 5.74) is 1.73. The van der Waals surface area contributed by atoms with Crippen molar-refractivity contribution in [1.29, 1.82) is 0 Å². The van der Waals surface area contributed by atoms with Crippen LogP contribution < -0.4 is 10.6 Å². The summed E-state index contributed by atoms with van der Waals surface area (Å²) in [6.07, 6.45) is 1.81. The van der Waals surface area contributed by atoms with Crippen LogP contribution in [0.3, 0.4) is 0 Å². The summed E-state index contributed by atoms with van der Waals surface area (Å²) < 4.78 is 26.7. The number of carbonyl (C=O) groups excluding carboxylic acids is 1. The molecule has 3 rings (SSSR count). The van der Waals surface area contributed by atoms with Gasteiger partial charge >= 0.3 is 0 Å². The second-order valence-corrected chi connectivity index (χ2v) is 9.63. The van der Waals surface area contributed by atoms with E-state index in [1.54, 1.807) is 24.3 Å². The summed E-state index contributed by atoms with van der Waals surface area (Å²) in [7, 11) is -3.44. The molecule has 6 nitrogen and oxygen atoms in total. The average molecular weight is 416 g/mol. The normalized spacial score (nSPS) is 16.1. The molecule has 1 saturated heterocycles. The molecule has 0 radical (unpaired) electrons. The van der Waals surface area contributed by atoms with Gasteiger partial charge < -0.3 is 10.6 Å². The van der Waals surface area contributed by atoms with Gasteiger partial charge in [0, 0.05) is 24.8 Å². The van der Waals surface area contributed by atoms with E-state index in [9.17, 15) is 13.2 Å². The smallest absolute Gasteiger partial charge is 0.243 e. The first-order valence-electron chi connectivity index (χ1n) is 10.1. The van der Waals surface area contributed by atoms with Gasteiger partial charge in [0.2, 0.25) is 15.9 Å². The monoisotopic (exact) mass is 415 g/mol. The van der Waals surface area contributed by atoms with Crippen molar-refractivity contribution in [1.82, 2.24) is 9.62 Å². The van der Waals surface area contributed by atoms with E-state index >= 15 is 0 Å². The van der Waals surface area contributed by atoms with Crippen molar-refractivity contribution in [3.8, 4) is 0 Å². The van der Waals surface area contributed by atoms with Crippen LogP contribution in [0.5, 0.6) is 0 Å². The van der Waals surface area contributed by atoms with Crippen LogP contribution in [0, 0.1) is 5.92 Å². The molecule has 2 aromatic rings. The van der Waals surface area contributed by atoms with E-state index in [-0.39, 0.29) is 23.4 Å². The van der Waals surface area contributed by atoms with Crippen molar-refractivity contribution in [3.63, 3.8) is 0 Å². The number of nitrogens with one attached hydrogen (secondary N) is 2. The van der Waals surface area contributed by atoms with Gasteiger partial charge in [-0.2, -0.15) is 4.31 Å². The minimum atomic E-state index is -3.44. The highest BCUT2D eigenvalue weighted by molar-refractivity contribution is 7.89. The molecule has 0 unspecified atom stereocenters. The molecule has 156 valence electrons. The van der Waals surface area contributed by atoms with Crippen molar-refractivity contribution in [2.45, 2.75) is 37.6 Å². The molecule has 0 aliphatic carbocycles. The maximum Gasteiger partial charge on any atom is 0.243 e. The van der Waals surface area contributed by atoms with Gasteiger partial charge in [-0.1, -0.05) is 44.2 Å². The lowest BCUT2D eigenvalue weighted by molar-refractivity contribution is -0.115. The van der Waals surface area contributed by atoms with E-state index in [4.69, 9.17) is 0 Å². The standard InChI is InChI=1S/C22H29N3O3S/c1-17(2)22(18-8-4-3-5-9-18)23-16-21(26)24-19-10-12-20(13-11-19)29(27,28)25-14-6-7-15-25/h3-5,8-13,17,22-23H,6-7,14-16H2,1-2H3,(H,24,26)/t22-/m0/s1. The molecule has 29 heavy (non-hydrogen) atoms. The van der Waals surface area contributed by atoms with Crippen molar-refractivity contribution in [3.05, 3.63) is 60.2 Å². The van der Waals surface area contributed by atoms with Crippen molar-refractivity contribution in [2.75, 3.05) is 25.0 Å². The minimum absolute atomic E-state index is 0.0786. The third-order valence-electron chi connectivity index (χ3n) is 5.15. The van der Waals surface area contributed by atoms with Gasteiger partial charge in [0.05, 0.1) is 11.4 Å². The number of carbonyl (C=O) groups is 1. The van der Waals surface area contributed by atoms with Crippen LogP contribution in [-0.4, -0.2) is 38.3 Å². The molecular formula is C22H29N3O3S. The quantitative estimate of drug-likeness (QED) is 0.693. The number of anilines is 1. The number of hydrogen-bond acceptors (Lipinski definition) is 4. The molecule has 0 saturated carbocycles. The Morgan fingerprint density at radius 1 is 1.00 bits per heavy atom. The van der Waals surface area contributed by atoms with E-state index in [0.717, 1.165) is 18.4 Å². The first kappa shape index (κ1) is 21.5. The van der Waals surface area contributed by atoms with Crippen molar-refractivity contribution >= 4 is 21.6 Å². The first-order valence-corrected chi connectivity index (χ1v) is 11.5. The molecule has 0 spiro atoms. The Bertz CT molecular complexity index is 906. The number of nitrogens with zero attached hydrogens (tertiary/aromatic N) is 1. The van der Waals surface area contributed by atoms with Crippen LogP contribution >= 0.6 is 0 Å². The van der Waals surface area contributed by atoms with Crippen LogP contribution in [-0.2, 0) is 14.8 Å². The molecule has 1 aliphatic rings. The lowest BCUT2D eigenvalue weighted by Crippen LogP contribution is -2.33. The number of hydrogen-bond donors (Lipinski definition) is 2. The summed E-state index contributed by atoms with van der Waals surface area (Å²) in [6.45, 7) is 5.55. The van der Waals surface area contributed by atoms with Crippen molar-refractivity contribution in [2.24, 2.45) is 5.92 Å². The summed E-state index contributed by atoms with van der Waals surface area (Å²) in [6, 6.07) is 16.5. The van der Waals surface area contributed by atoms with Crippen LogP contribution in [0.2, 0.25) is 0 Å². The van der Waals surface area contributed by atoms with Gasteiger partial charge in [-0.05, 0) is 48.6 Å². The molecule has 1 amide bonds. The van der Waals surface area contributed by atoms with Crippen LogP contribution in [0.15, 0.2) is 59.5 Å². The molecule has 2 aromatic carbocycles. The fraction of sp³-hybridized carbons (Fsp3) is 0.409. The molecule has 1 fully saturated rings. The van der Waals surface area contributed by atoms with Gasteiger partial charge in [-0.25, -0.2) is 8.42 Å². The van der Waals surface area contributed by atoms with Crippen LogP contribution in [0.4, 0.5) is 5.69 Å². The van der Waals surface area contributed by atoms with Gasteiger partial charge in [-0.15, -0.1) is 0 Å². The highest BCUT2D eigenvalue weighted by Gasteiger charge is 2.27. The Kier molecular flexibility index (Phi) is 7.05.